The molecule has 0 saturated heterocycles. The van der Waals surface area contributed by atoms with Gasteiger partial charge in [-0.15, -0.1) is 23.3 Å². The van der Waals surface area contributed by atoms with Gasteiger partial charge in [-0.25, -0.2) is 0 Å². The van der Waals surface area contributed by atoms with Crippen LogP contribution in [0.1, 0.15) is 18.1 Å². The average molecular weight is 802 g/mol. The molecule has 0 saturated carbocycles. The van der Waals surface area contributed by atoms with Gasteiger partial charge in [0.1, 0.15) is 11.2 Å². The van der Waals surface area contributed by atoms with Crippen LogP contribution >= 0.6 is 23.3 Å². The summed E-state index contributed by atoms with van der Waals surface area (Å²) in [5, 5.41) is 15.3. The molecule has 0 spiro atoms. The van der Waals surface area contributed by atoms with Gasteiger partial charge in [0.05, 0.1) is 39.3 Å². The molecule has 4 nitrogen and oxygen atoms in total. The number of para-hydroxylation sites is 2. The Morgan fingerprint density at radius 1 is 0.586 bits per heavy atom. The maximum atomic E-state index is 13.4. The second kappa shape index (κ2) is 15.7. The molecule has 0 aliphatic heterocycles. The average Bonchev–Trinajstić information content (AvgIpc) is 3.91. The Labute approximate surface area is 342 Å². The summed E-state index contributed by atoms with van der Waals surface area (Å²) in [7, 11) is 0. The van der Waals surface area contributed by atoms with Crippen molar-refractivity contribution < 1.29 is 17.6 Å². The van der Waals surface area contributed by atoms with E-state index in [-0.39, 0.29) is 5.58 Å². The summed E-state index contributed by atoms with van der Waals surface area (Å²) in [4.78, 5) is 0. The number of thiol groups is 2. The van der Waals surface area contributed by atoms with Crippen molar-refractivity contribution in [2.75, 3.05) is 0 Å². The molecule has 9 heteroatoms. The highest BCUT2D eigenvalue weighted by Gasteiger charge is 2.31. The smallest absolute Gasteiger partial charge is 0.416 e. The standard InChI is InChI=1S/C44H24F3N3O.C5H8.H2S2/c45-44(46,47)29-14-16-34-35-17-15-31(24-43(35)51-42(34)23-29)50-39-11-4-2-9-33(39)37-22-28(13-19-41(37)50)27-6-5-7-30(21-27)49-38-10-3-1-8-32(38)36-20-26(25-48)12-18-40(36)49;1-3-5-4-2;1-2/h1-24H;3-5H,1H2,2H3;1-2H/b;5-4-;. The molecular formula is C49H34F3N3OS2. The van der Waals surface area contributed by atoms with Crippen LogP contribution < -0.4 is 0 Å². The first kappa shape index (κ1) is 38.3. The second-order valence-corrected chi connectivity index (χ2v) is 13.6. The summed E-state index contributed by atoms with van der Waals surface area (Å²) in [6.45, 7) is 5.42. The van der Waals surface area contributed by atoms with Crippen molar-refractivity contribution in [2.45, 2.75) is 13.1 Å². The van der Waals surface area contributed by atoms with Gasteiger partial charge in [-0.2, -0.15) is 18.4 Å². The predicted molar refractivity (Wildman–Crippen MR) is 241 cm³/mol. The van der Waals surface area contributed by atoms with E-state index in [1.807, 2.05) is 79.7 Å². The molecule has 0 unspecified atom stereocenters. The fourth-order valence-corrected chi connectivity index (χ4v) is 7.79. The van der Waals surface area contributed by atoms with E-state index < -0.39 is 11.7 Å². The highest BCUT2D eigenvalue weighted by Crippen LogP contribution is 2.40. The van der Waals surface area contributed by atoms with Gasteiger partial charge in [-0.05, 0) is 103 Å². The van der Waals surface area contributed by atoms with Crippen molar-refractivity contribution in [2.24, 2.45) is 0 Å². The van der Waals surface area contributed by atoms with E-state index in [1.165, 1.54) is 6.07 Å². The summed E-state index contributed by atoms with van der Waals surface area (Å²) < 4.78 is 50.7. The van der Waals surface area contributed by atoms with Gasteiger partial charge in [0, 0.05) is 49.8 Å². The van der Waals surface area contributed by atoms with Crippen LogP contribution in [0.5, 0.6) is 0 Å². The minimum atomic E-state index is -4.45. The Morgan fingerprint density at radius 3 is 1.78 bits per heavy atom. The maximum Gasteiger partial charge on any atom is 0.416 e. The fourth-order valence-electron chi connectivity index (χ4n) is 7.79. The predicted octanol–water partition coefficient (Wildman–Crippen LogP) is 14.8. The molecule has 3 heterocycles. The first-order valence-corrected chi connectivity index (χ1v) is 19.9. The van der Waals surface area contributed by atoms with Gasteiger partial charge < -0.3 is 13.6 Å². The lowest BCUT2D eigenvalue weighted by Crippen LogP contribution is -2.03. The Kier molecular flexibility index (Phi) is 10.4. The van der Waals surface area contributed by atoms with Crippen LogP contribution in [-0.4, -0.2) is 9.13 Å². The molecule has 0 radical (unpaired) electrons. The molecule has 7 aromatic carbocycles. The van der Waals surface area contributed by atoms with Crippen LogP contribution in [0.15, 0.2) is 175 Å². The summed E-state index contributed by atoms with van der Waals surface area (Å²) in [5.74, 6) is 0. The van der Waals surface area contributed by atoms with Crippen molar-refractivity contribution in [1.29, 1.82) is 5.26 Å². The topological polar surface area (TPSA) is 46.8 Å². The Hall–Kier alpha value is -6.60. The van der Waals surface area contributed by atoms with Gasteiger partial charge in [-0.3, -0.25) is 0 Å². The van der Waals surface area contributed by atoms with Crippen LogP contribution in [0.3, 0.4) is 0 Å². The molecule has 0 fully saturated rings. The summed E-state index contributed by atoms with van der Waals surface area (Å²) in [6, 6.07) is 49.0. The minimum absolute atomic E-state index is 0.207. The van der Waals surface area contributed by atoms with E-state index in [0.717, 1.165) is 83.6 Å². The molecule has 10 aromatic rings. The number of hydrogen-bond donors (Lipinski definition) is 2. The highest BCUT2D eigenvalue weighted by atomic mass is 33.1. The number of halogens is 3. The number of benzene rings is 7. The third-order valence-electron chi connectivity index (χ3n) is 10.3. The van der Waals surface area contributed by atoms with E-state index in [9.17, 15) is 18.4 Å². The van der Waals surface area contributed by atoms with Crippen molar-refractivity contribution >= 4 is 88.9 Å². The molecule has 284 valence electrons. The molecule has 3 aromatic heterocycles. The summed E-state index contributed by atoms with van der Waals surface area (Å²) in [6.07, 6.45) is 1.13. The Morgan fingerprint density at radius 2 is 1.16 bits per heavy atom. The third-order valence-corrected chi connectivity index (χ3v) is 10.3. The number of fused-ring (bicyclic) bond motifs is 9. The van der Waals surface area contributed by atoms with E-state index in [1.54, 1.807) is 6.08 Å². The summed E-state index contributed by atoms with van der Waals surface area (Å²) >= 11 is 6.44. The van der Waals surface area contributed by atoms with Crippen LogP contribution in [0, 0.1) is 11.3 Å². The number of allylic oxidation sites excluding steroid dienone is 3. The third kappa shape index (κ3) is 6.70. The van der Waals surface area contributed by atoms with Gasteiger partial charge in [0.15, 0.2) is 0 Å². The van der Waals surface area contributed by atoms with Gasteiger partial charge in [0.2, 0.25) is 0 Å². The maximum absolute atomic E-state index is 13.4. The lowest BCUT2D eigenvalue weighted by molar-refractivity contribution is -0.137. The minimum Gasteiger partial charge on any atom is -0.456 e. The molecule has 0 aliphatic rings. The van der Waals surface area contributed by atoms with Crippen LogP contribution in [0.25, 0.3) is 88.1 Å². The lowest BCUT2D eigenvalue weighted by atomic mass is 10.0. The van der Waals surface area contributed by atoms with Gasteiger partial charge in [0.25, 0.3) is 0 Å². The van der Waals surface area contributed by atoms with E-state index in [0.29, 0.717) is 16.5 Å². The van der Waals surface area contributed by atoms with Crippen molar-refractivity contribution in [3.63, 3.8) is 0 Å². The van der Waals surface area contributed by atoms with Crippen molar-refractivity contribution in [3.8, 4) is 28.6 Å². The zero-order chi connectivity index (χ0) is 40.6. The molecule has 0 amide bonds. The van der Waals surface area contributed by atoms with Gasteiger partial charge >= 0.3 is 6.18 Å². The Balaban J connectivity index is 0.000000626. The number of furan rings is 1. The number of hydrogen-bond acceptors (Lipinski definition) is 4. The Bertz CT molecular complexity index is 3250. The number of rotatable bonds is 4. The number of nitrogens with zero attached hydrogens (tertiary/aromatic N) is 3. The monoisotopic (exact) mass is 801 g/mol. The van der Waals surface area contributed by atoms with Crippen LogP contribution in [-0.2, 0) is 6.18 Å². The highest BCUT2D eigenvalue weighted by molar-refractivity contribution is 8.59. The summed E-state index contributed by atoms with van der Waals surface area (Å²) in [5.41, 5.74) is 8.74. The number of alkyl halides is 3. The SMILES string of the molecule is C=C/C=C\C.N#Cc1ccc2c(c1)c1ccccc1n2-c1cccc(-c2ccc3c(c2)c2ccccc2n3-c2ccc3c(c2)oc2cc(C(F)(F)F)ccc23)c1.SS. The zero-order valence-corrected chi connectivity index (χ0v) is 32.9. The van der Waals surface area contributed by atoms with E-state index >= 15 is 0 Å². The molecule has 10 rings (SSSR count). The second-order valence-electron chi connectivity index (χ2n) is 13.6. The zero-order valence-electron chi connectivity index (χ0n) is 31.1. The van der Waals surface area contributed by atoms with Crippen molar-refractivity contribution in [3.05, 3.63) is 182 Å². The number of nitriles is 1. The first-order chi connectivity index (χ1) is 28.3. The first-order valence-electron chi connectivity index (χ1n) is 18.3. The molecule has 58 heavy (non-hydrogen) atoms. The van der Waals surface area contributed by atoms with Crippen molar-refractivity contribution in [1.82, 2.24) is 9.13 Å². The molecule has 0 aliphatic carbocycles. The van der Waals surface area contributed by atoms with Crippen LogP contribution in [0.4, 0.5) is 13.2 Å². The van der Waals surface area contributed by atoms with Crippen LogP contribution in [0.2, 0.25) is 0 Å². The van der Waals surface area contributed by atoms with E-state index in [2.05, 4.69) is 112 Å². The molecule has 0 N–H and O–H groups in total. The number of aromatic nitrogens is 2. The van der Waals surface area contributed by atoms with Gasteiger partial charge in [-0.1, -0.05) is 79.4 Å². The quantitative estimate of drug-likeness (QED) is 0.106. The molecule has 0 atom stereocenters. The molecule has 0 bridgehead atoms. The molecular weight excluding hydrogens is 768 g/mol. The lowest BCUT2D eigenvalue weighted by Gasteiger charge is -2.11. The fraction of sp³-hybridized carbons (Fsp3) is 0.0408. The van der Waals surface area contributed by atoms with E-state index in [4.69, 9.17) is 4.42 Å². The largest absolute Gasteiger partial charge is 0.456 e. The normalized spacial score (nSPS) is 11.6.